The molecule has 0 aliphatic rings. The highest BCUT2D eigenvalue weighted by Gasteiger charge is 2.00. The minimum Gasteiger partial charge on any atom is -0.497 e. The van der Waals surface area contributed by atoms with Gasteiger partial charge in [-0.15, -0.1) is 0 Å². The molecule has 0 saturated heterocycles. The van der Waals surface area contributed by atoms with E-state index in [2.05, 4.69) is 20.6 Å². The first-order valence-corrected chi connectivity index (χ1v) is 8.34. The molecule has 5 nitrogen and oxygen atoms in total. The Morgan fingerprint density at radius 2 is 2.08 bits per heavy atom. The summed E-state index contributed by atoms with van der Waals surface area (Å²) in [5, 5.41) is 7.09. The Hall–Kier alpha value is -2.27. The van der Waals surface area contributed by atoms with Gasteiger partial charge in [-0.1, -0.05) is 29.8 Å². The van der Waals surface area contributed by atoms with Crippen LogP contribution in [0.3, 0.4) is 0 Å². The summed E-state index contributed by atoms with van der Waals surface area (Å²) in [6.07, 6.45) is 2.65. The summed E-state index contributed by atoms with van der Waals surface area (Å²) in [5.41, 5.74) is 2.24. The van der Waals surface area contributed by atoms with Crippen LogP contribution in [-0.4, -0.2) is 31.1 Å². The number of hydrogen-bond donors (Lipinski definition) is 2. The van der Waals surface area contributed by atoms with Crippen LogP contribution in [0.5, 0.6) is 5.75 Å². The second-order valence-electron chi connectivity index (χ2n) is 5.21. The highest BCUT2D eigenvalue weighted by Crippen LogP contribution is 2.13. The molecule has 2 rings (SSSR count). The van der Waals surface area contributed by atoms with Crippen molar-refractivity contribution in [3.05, 3.63) is 58.9 Å². The number of pyridine rings is 1. The van der Waals surface area contributed by atoms with Crippen molar-refractivity contribution in [3.63, 3.8) is 0 Å². The minimum atomic E-state index is 0.514. The molecule has 2 aromatic rings. The van der Waals surface area contributed by atoms with E-state index in [1.165, 1.54) is 0 Å². The van der Waals surface area contributed by atoms with Crippen LogP contribution in [0.15, 0.2) is 47.6 Å². The molecule has 0 radical (unpaired) electrons. The van der Waals surface area contributed by atoms with Gasteiger partial charge in [-0.2, -0.15) is 0 Å². The summed E-state index contributed by atoms with van der Waals surface area (Å²) in [5.74, 6) is 1.64. The van der Waals surface area contributed by atoms with Crippen molar-refractivity contribution in [1.29, 1.82) is 0 Å². The van der Waals surface area contributed by atoms with Gasteiger partial charge in [-0.25, -0.2) is 9.98 Å². The maximum absolute atomic E-state index is 5.79. The van der Waals surface area contributed by atoms with E-state index in [9.17, 15) is 0 Å². The second-order valence-corrected chi connectivity index (χ2v) is 5.60. The van der Waals surface area contributed by atoms with Crippen molar-refractivity contribution >= 4 is 17.6 Å². The number of nitrogens with zero attached hydrogens (tertiary/aromatic N) is 2. The molecule has 0 bridgehead atoms. The van der Waals surface area contributed by atoms with Gasteiger partial charge in [0.1, 0.15) is 10.9 Å². The van der Waals surface area contributed by atoms with Crippen LogP contribution >= 0.6 is 11.6 Å². The number of benzene rings is 1. The van der Waals surface area contributed by atoms with Gasteiger partial charge < -0.3 is 15.4 Å². The zero-order valence-corrected chi connectivity index (χ0v) is 14.8. The van der Waals surface area contributed by atoms with Crippen molar-refractivity contribution in [1.82, 2.24) is 15.6 Å². The van der Waals surface area contributed by atoms with Crippen molar-refractivity contribution in [2.75, 3.05) is 20.2 Å². The fourth-order valence-electron chi connectivity index (χ4n) is 2.16. The molecule has 1 aromatic carbocycles. The lowest BCUT2D eigenvalue weighted by molar-refractivity contribution is 0.414. The maximum atomic E-state index is 5.79. The van der Waals surface area contributed by atoms with Gasteiger partial charge >= 0.3 is 0 Å². The number of aromatic nitrogens is 1. The van der Waals surface area contributed by atoms with Gasteiger partial charge in [-0.05, 0) is 42.7 Å². The third-order valence-electron chi connectivity index (χ3n) is 3.39. The first-order chi connectivity index (χ1) is 11.7. The Morgan fingerprint density at radius 3 is 2.79 bits per heavy atom. The largest absolute Gasteiger partial charge is 0.497 e. The summed E-state index contributed by atoms with van der Waals surface area (Å²) in [6, 6.07) is 11.7. The minimum absolute atomic E-state index is 0.514. The molecule has 0 atom stereocenters. The fourth-order valence-corrected chi connectivity index (χ4v) is 2.27. The molecule has 6 heteroatoms. The standard InChI is InChI=1S/C18H23ClN4O/c1-3-20-18(21-10-9-14-7-8-17(19)22-12-14)23-13-15-5-4-6-16(11-15)24-2/h4-8,11-12H,3,9-10,13H2,1-2H3,(H2,20,21,23). The lowest BCUT2D eigenvalue weighted by Crippen LogP contribution is -2.38. The predicted molar refractivity (Wildman–Crippen MR) is 98.8 cm³/mol. The van der Waals surface area contributed by atoms with Gasteiger partial charge in [0.05, 0.1) is 13.7 Å². The van der Waals surface area contributed by atoms with Gasteiger partial charge in [-0.3, -0.25) is 0 Å². The van der Waals surface area contributed by atoms with Crippen molar-refractivity contribution in [2.45, 2.75) is 19.9 Å². The van der Waals surface area contributed by atoms with Gasteiger partial charge in [0, 0.05) is 19.3 Å². The van der Waals surface area contributed by atoms with Crippen LogP contribution in [0.4, 0.5) is 0 Å². The number of ether oxygens (including phenoxy) is 1. The van der Waals surface area contributed by atoms with Gasteiger partial charge in [0.15, 0.2) is 5.96 Å². The number of hydrogen-bond acceptors (Lipinski definition) is 3. The predicted octanol–water partition coefficient (Wildman–Crippen LogP) is 3.04. The number of aliphatic imine (C=N–C) groups is 1. The first kappa shape index (κ1) is 18.1. The lowest BCUT2D eigenvalue weighted by atomic mass is 10.2. The van der Waals surface area contributed by atoms with Crippen molar-refractivity contribution in [3.8, 4) is 5.75 Å². The Labute approximate surface area is 148 Å². The smallest absolute Gasteiger partial charge is 0.191 e. The summed E-state index contributed by atoms with van der Waals surface area (Å²) in [7, 11) is 1.67. The van der Waals surface area contributed by atoms with Crippen LogP contribution in [0.2, 0.25) is 5.15 Å². The number of guanidine groups is 1. The highest BCUT2D eigenvalue weighted by atomic mass is 35.5. The third kappa shape index (κ3) is 6.08. The first-order valence-electron chi connectivity index (χ1n) is 7.97. The van der Waals surface area contributed by atoms with Crippen LogP contribution in [-0.2, 0) is 13.0 Å². The average Bonchev–Trinajstić information content (AvgIpc) is 2.61. The summed E-state index contributed by atoms with van der Waals surface area (Å²) in [4.78, 5) is 8.69. The second kappa shape index (κ2) is 9.78. The molecule has 0 unspecified atom stereocenters. The fraction of sp³-hybridized carbons (Fsp3) is 0.333. The van der Waals surface area contributed by atoms with E-state index in [0.29, 0.717) is 11.7 Å². The molecule has 1 aromatic heterocycles. The molecule has 128 valence electrons. The number of methoxy groups -OCH3 is 1. The van der Waals surface area contributed by atoms with Crippen molar-refractivity contribution in [2.24, 2.45) is 4.99 Å². The number of nitrogens with one attached hydrogen (secondary N) is 2. The summed E-state index contributed by atoms with van der Waals surface area (Å²) in [6.45, 7) is 4.22. The molecule has 0 amide bonds. The Balaban J connectivity index is 1.88. The number of halogens is 1. The molecule has 0 spiro atoms. The summed E-state index contributed by atoms with van der Waals surface area (Å²) < 4.78 is 5.24. The van der Waals surface area contributed by atoms with Crippen LogP contribution in [0, 0.1) is 0 Å². The zero-order chi connectivity index (χ0) is 17.2. The van der Waals surface area contributed by atoms with Gasteiger partial charge in [0.25, 0.3) is 0 Å². The van der Waals surface area contributed by atoms with E-state index in [1.54, 1.807) is 19.4 Å². The molecular formula is C18H23ClN4O. The third-order valence-corrected chi connectivity index (χ3v) is 3.62. The molecule has 0 fully saturated rings. The molecule has 1 heterocycles. The molecule has 2 N–H and O–H groups in total. The van der Waals surface area contributed by atoms with E-state index in [0.717, 1.165) is 42.3 Å². The number of rotatable bonds is 7. The Morgan fingerprint density at radius 1 is 1.21 bits per heavy atom. The molecule has 0 aliphatic heterocycles. The van der Waals surface area contributed by atoms with Crippen LogP contribution < -0.4 is 15.4 Å². The van der Waals surface area contributed by atoms with Gasteiger partial charge in [0.2, 0.25) is 0 Å². The van der Waals surface area contributed by atoms with E-state index in [1.807, 2.05) is 37.3 Å². The van der Waals surface area contributed by atoms with E-state index in [4.69, 9.17) is 16.3 Å². The maximum Gasteiger partial charge on any atom is 0.191 e. The lowest BCUT2D eigenvalue weighted by Gasteiger charge is -2.11. The SMILES string of the molecule is CCNC(=NCc1cccc(OC)c1)NCCc1ccc(Cl)nc1. The van der Waals surface area contributed by atoms with E-state index >= 15 is 0 Å². The van der Waals surface area contributed by atoms with Crippen molar-refractivity contribution < 1.29 is 4.74 Å². The molecule has 0 saturated carbocycles. The topological polar surface area (TPSA) is 58.5 Å². The van der Waals surface area contributed by atoms with Crippen LogP contribution in [0.25, 0.3) is 0 Å². The summed E-state index contributed by atoms with van der Waals surface area (Å²) >= 11 is 5.79. The average molecular weight is 347 g/mol. The Bertz CT molecular complexity index is 658. The quantitative estimate of drug-likeness (QED) is 0.459. The monoisotopic (exact) mass is 346 g/mol. The zero-order valence-electron chi connectivity index (χ0n) is 14.1. The molecule has 0 aliphatic carbocycles. The molecule has 24 heavy (non-hydrogen) atoms. The van der Waals surface area contributed by atoms with E-state index < -0.39 is 0 Å². The molecular weight excluding hydrogens is 324 g/mol. The Kier molecular flexibility index (Phi) is 7.36. The van der Waals surface area contributed by atoms with Crippen LogP contribution in [0.1, 0.15) is 18.1 Å². The normalized spacial score (nSPS) is 11.2. The highest BCUT2D eigenvalue weighted by molar-refractivity contribution is 6.29. The van der Waals surface area contributed by atoms with E-state index in [-0.39, 0.29) is 0 Å².